The summed E-state index contributed by atoms with van der Waals surface area (Å²) in [4.78, 5) is 16.9. The van der Waals surface area contributed by atoms with E-state index in [9.17, 15) is 13.2 Å². The molecule has 1 aliphatic heterocycles. The maximum absolute atomic E-state index is 13.0. The molecule has 3 rings (SSSR count). The Bertz CT molecular complexity index is 933. The van der Waals surface area contributed by atoms with Gasteiger partial charge in [0.25, 0.3) is 5.91 Å². The minimum Gasteiger partial charge on any atom is -0.306 e. The number of pyridine rings is 1. The molecule has 1 aliphatic rings. The van der Waals surface area contributed by atoms with Crippen molar-refractivity contribution in [2.45, 2.75) is 32.1 Å². The third-order valence-electron chi connectivity index (χ3n) is 4.81. The predicted octanol–water partition coefficient (Wildman–Crippen LogP) is 3.31. The average molecular weight is 388 g/mol. The highest BCUT2D eigenvalue weighted by Crippen LogP contribution is 2.27. The molecule has 2 heterocycles. The molecule has 1 amide bonds. The molecule has 0 aliphatic carbocycles. The first kappa shape index (κ1) is 19.5. The molecule has 7 heteroatoms. The summed E-state index contributed by atoms with van der Waals surface area (Å²) in [6.07, 6.45) is 2.63. The summed E-state index contributed by atoms with van der Waals surface area (Å²) in [6.45, 7) is 7.00. The minimum absolute atomic E-state index is 0.147. The van der Waals surface area contributed by atoms with Gasteiger partial charge >= 0.3 is 0 Å². The summed E-state index contributed by atoms with van der Waals surface area (Å²) < 4.78 is 27.6. The summed E-state index contributed by atoms with van der Waals surface area (Å²) in [7, 11) is -3.63. The van der Waals surface area contributed by atoms with Gasteiger partial charge in [-0.1, -0.05) is 26.0 Å². The van der Waals surface area contributed by atoms with E-state index in [1.54, 1.807) is 30.5 Å². The monoisotopic (exact) mass is 387 g/mol. The number of sulfonamides is 1. The molecule has 0 unspecified atom stereocenters. The number of aromatic nitrogens is 1. The van der Waals surface area contributed by atoms with Gasteiger partial charge in [-0.2, -0.15) is 4.31 Å². The number of rotatable bonds is 4. The average Bonchev–Trinajstić information content (AvgIpc) is 2.63. The van der Waals surface area contributed by atoms with Crippen LogP contribution in [-0.4, -0.2) is 36.7 Å². The third kappa shape index (κ3) is 4.36. The summed E-state index contributed by atoms with van der Waals surface area (Å²) in [5.41, 5.74) is 1.13. The second-order valence-corrected chi connectivity index (χ2v) is 9.36. The Morgan fingerprint density at radius 1 is 1.15 bits per heavy atom. The van der Waals surface area contributed by atoms with Crippen LogP contribution >= 0.6 is 0 Å². The number of piperidine rings is 1. The highest BCUT2D eigenvalue weighted by molar-refractivity contribution is 7.89. The highest BCUT2D eigenvalue weighted by atomic mass is 32.2. The molecule has 1 aromatic carbocycles. The standard InChI is InChI=1S/C20H25N3O3S/c1-14-10-15(2)13-23(12-14)27(25,26)18-8-4-7-17(11-18)20(24)22-19-16(3)6-5-9-21-19/h4-9,11,14-15H,10,12-13H2,1-3H3,(H,21,22,24)/t14-,15+. The van der Waals surface area contributed by atoms with Crippen molar-refractivity contribution >= 4 is 21.7 Å². The summed E-state index contributed by atoms with van der Waals surface area (Å²) in [5, 5.41) is 2.74. The molecule has 0 radical (unpaired) electrons. The molecule has 144 valence electrons. The molecule has 1 N–H and O–H groups in total. The van der Waals surface area contributed by atoms with Gasteiger partial charge in [0, 0.05) is 24.8 Å². The van der Waals surface area contributed by atoms with Crippen molar-refractivity contribution in [1.29, 1.82) is 0 Å². The first-order valence-electron chi connectivity index (χ1n) is 9.10. The molecular formula is C20H25N3O3S. The normalized spacial score (nSPS) is 21.0. The van der Waals surface area contributed by atoms with Crippen molar-refractivity contribution in [2.24, 2.45) is 11.8 Å². The van der Waals surface area contributed by atoms with E-state index in [1.807, 2.05) is 13.0 Å². The van der Waals surface area contributed by atoms with E-state index in [2.05, 4.69) is 24.1 Å². The smallest absolute Gasteiger partial charge is 0.256 e. The van der Waals surface area contributed by atoms with Gasteiger partial charge in [-0.25, -0.2) is 13.4 Å². The maximum atomic E-state index is 13.0. The van der Waals surface area contributed by atoms with Crippen molar-refractivity contribution < 1.29 is 13.2 Å². The van der Waals surface area contributed by atoms with Gasteiger partial charge in [0.1, 0.15) is 5.82 Å². The molecular weight excluding hydrogens is 362 g/mol. The molecule has 2 aromatic rings. The van der Waals surface area contributed by atoms with Crippen molar-refractivity contribution in [3.8, 4) is 0 Å². The number of hydrogen-bond acceptors (Lipinski definition) is 4. The number of anilines is 1. The van der Waals surface area contributed by atoms with Crippen molar-refractivity contribution in [1.82, 2.24) is 9.29 Å². The second kappa shape index (κ2) is 7.78. The first-order valence-corrected chi connectivity index (χ1v) is 10.5. The lowest BCUT2D eigenvalue weighted by Crippen LogP contribution is -2.42. The van der Waals surface area contributed by atoms with E-state index < -0.39 is 10.0 Å². The Morgan fingerprint density at radius 2 is 1.85 bits per heavy atom. The topological polar surface area (TPSA) is 79.4 Å². The lowest BCUT2D eigenvalue weighted by molar-refractivity contribution is 0.102. The maximum Gasteiger partial charge on any atom is 0.256 e. The number of nitrogens with one attached hydrogen (secondary N) is 1. The van der Waals surface area contributed by atoms with E-state index in [4.69, 9.17) is 0 Å². The number of carbonyl (C=O) groups is 1. The van der Waals surface area contributed by atoms with E-state index >= 15 is 0 Å². The predicted molar refractivity (Wildman–Crippen MR) is 105 cm³/mol. The zero-order valence-electron chi connectivity index (χ0n) is 15.8. The van der Waals surface area contributed by atoms with E-state index in [-0.39, 0.29) is 10.8 Å². The molecule has 1 fully saturated rings. The quantitative estimate of drug-likeness (QED) is 0.873. The van der Waals surface area contributed by atoms with Gasteiger partial charge in [-0.05, 0) is 55.0 Å². The van der Waals surface area contributed by atoms with E-state index in [1.165, 1.54) is 10.4 Å². The fourth-order valence-corrected chi connectivity index (χ4v) is 5.27. The Kier molecular flexibility index (Phi) is 5.62. The van der Waals surface area contributed by atoms with Gasteiger partial charge < -0.3 is 5.32 Å². The molecule has 1 aromatic heterocycles. The Morgan fingerprint density at radius 3 is 2.52 bits per heavy atom. The molecule has 2 atom stereocenters. The van der Waals surface area contributed by atoms with Crippen LogP contribution in [0.5, 0.6) is 0 Å². The molecule has 1 saturated heterocycles. The lowest BCUT2D eigenvalue weighted by Gasteiger charge is -2.34. The number of benzene rings is 1. The molecule has 0 saturated carbocycles. The number of hydrogen-bond donors (Lipinski definition) is 1. The Balaban J connectivity index is 1.84. The molecule has 6 nitrogen and oxygen atoms in total. The Labute approximate surface area is 160 Å². The van der Waals surface area contributed by atoms with Gasteiger partial charge in [0.05, 0.1) is 4.90 Å². The number of carbonyl (C=O) groups excluding carboxylic acids is 1. The van der Waals surface area contributed by atoms with Crippen LogP contribution in [0.15, 0.2) is 47.5 Å². The van der Waals surface area contributed by atoms with Crippen LogP contribution in [0.3, 0.4) is 0 Å². The minimum atomic E-state index is -3.63. The van der Waals surface area contributed by atoms with Crippen LogP contribution in [0.25, 0.3) is 0 Å². The zero-order valence-corrected chi connectivity index (χ0v) is 16.7. The van der Waals surface area contributed by atoms with Crippen LogP contribution in [0.4, 0.5) is 5.82 Å². The van der Waals surface area contributed by atoms with Crippen LogP contribution in [0, 0.1) is 18.8 Å². The van der Waals surface area contributed by atoms with Crippen LogP contribution in [0.1, 0.15) is 36.2 Å². The number of amides is 1. The van der Waals surface area contributed by atoms with Crippen molar-refractivity contribution in [3.05, 3.63) is 53.7 Å². The number of nitrogens with zero attached hydrogens (tertiary/aromatic N) is 2. The number of aryl methyl sites for hydroxylation is 1. The SMILES string of the molecule is Cc1cccnc1NC(=O)c1cccc(S(=O)(=O)N2C[C@H](C)C[C@H](C)C2)c1. The van der Waals surface area contributed by atoms with Crippen LogP contribution in [-0.2, 0) is 10.0 Å². The van der Waals surface area contributed by atoms with E-state index in [0.717, 1.165) is 12.0 Å². The zero-order chi connectivity index (χ0) is 19.6. The fourth-order valence-electron chi connectivity index (χ4n) is 3.55. The van der Waals surface area contributed by atoms with Gasteiger partial charge in [-0.3, -0.25) is 4.79 Å². The highest BCUT2D eigenvalue weighted by Gasteiger charge is 2.32. The fraction of sp³-hybridized carbons (Fsp3) is 0.400. The summed E-state index contributed by atoms with van der Waals surface area (Å²) in [5.74, 6) is 0.730. The first-order chi connectivity index (χ1) is 12.8. The second-order valence-electron chi connectivity index (χ2n) is 7.42. The Hall–Kier alpha value is -2.25. The molecule has 27 heavy (non-hydrogen) atoms. The van der Waals surface area contributed by atoms with Gasteiger partial charge in [-0.15, -0.1) is 0 Å². The lowest BCUT2D eigenvalue weighted by atomic mass is 9.94. The largest absolute Gasteiger partial charge is 0.306 e. The van der Waals surface area contributed by atoms with E-state index in [0.29, 0.717) is 36.3 Å². The van der Waals surface area contributed by atoms with Crippen molar-refractivity contribution in [3.63, 3.8) is 0 Å². The third-order valence-corrected chi connectivity index (χ3v) is 6.64. The summed E-state index contributed by atoms with van der Waals surface area (Å²) >= 11 is 0. The molecule has 0 bridgehead atoms. The van der Waals surface area contributed by atoms with Gasteiger partial charge in [0.2, 0.25) is 10.0 Å². The molecule has 0 spiro atoms. The van der Waals surface area contributed by atoms with Gasteiger partial charge in [0.15, 0.2) is 0 Å². The van der Waals surface area contributed by atoms with Crippen LogP contribution in [0.2, 0.25) is 0 Å². The summed E-state index contributed by atoms with van der Waals surface area (Å²) in [6, 6.07) is 9.83. The van der Waals surface area contributed by atoms with Crippen LogP contribution < -0.4 is 5.32 Å². The van der Waals surface area contributed by atoms with Crippen molar-refractivity contribution in [2.75, 3.05) is 18.4 Å².